The molecule has 4 heteroatoms. The van der Waals surface area contributed by atoms with E-state index in [9.17, 15) is 4.79 Å². The predicted octanol–water partition coefficient (Wildman–Crippen LogP) is 0.0134. The highest BCUT2D eigenvalue weighted by Gasteiger charge is 2.15. The van der Waals surface area contributed by atoms with Crippen molar-refractivity contribution in [1.82, 2.24) is 15.2 Å². The number of aromatic nitrogens is 1. The number of nitrogens with one attached hydrogen (secondary N) is 1. The zero-order valence-corrected chi connectivity index (χ0v) is 7.94. The molecule has 4 nitrogen and oxygen atoms in total. The zero-order chi connectivity index (χ0) is 9.80. The van der Waals surface area contributed by atoms with Gasteiger partial charge in [-0.2, -0.15) is 0 Å². The van der Waals surface area contributed by atoms with Crippen LogP contribution in [0.5, 0.6) is 0 Å². The standard InChI is InChI=1S/C10H13N3O/c14-10-8-13(5-4-12-10)7-9-2-1-3-11-6-9/h1-3,6H,4-5,7-8H2,(H,12,14). The molecule has 1 saturated heterocycles. The summed E-state index contributed by atoms with van der Waals surface area (Å²) in [7, 11) is 0. The van der Waals surface area contributed by atoms with E-state index in [1.54, 1.807) is 6.20 Å². The second kappa shape index (κ2) is 4.19. The van der Waals surface area contributed by atoms with Crippen molar-refractivity contribution in [3.05, 3.63) is 30.1 Å². The normalized spacial score (nSPS) is 17.9. The van der Waals surface area contributed by atoms with Crippen LogP contribution in [0.15, 0.2) is 24.5 Å². The SMILES string of the molecule is O=C1CN(Cc2cccnc2)CCN1. The molecule has 2 heterocycles. The minimum absolute atomic E-state index is 0.111. The van der Waals surface area contributed by atoms with E-state index >= 15 is 0 Å². The maximum absolute atomic E-state index is 11.1. The maximum atomic E-state index is 11.1. The Balaban J connectivity index is 1.94. The van der Waals surface area contributed by atoms with Gasteiger partial charge in [0.2, 0.25) is 5.91 Å². The molecule has 0 aromatic carbocycles. The summed E-state index contributed by atoms with van der Waals surface area (Å²) in [6, 6.07) is 3.94. The van der Waals surface area contributed by atoms with Crippen molar-refractivity contribution in [2.75, 3.05) is 19.6 Å². The third-order valence-electron chi connectivity index (χ3n) is 2.25. The smallest absolute Gasteiger partial charge is 0.234 e. The average Bonchev–Trinajstić information content (AvgIpc) is 2.19. The maximum Gasteiger partial charge on any atom is 0.234 e. The number of carbonyl (C=O) groups is 1. The molecule has 0 spiro atoms. The molecule has 0 bridgehead atoms. The lowest BCUT2D eigenvalue weighted by Gasteiger charge is -2.26. The number of pyridine rings is 1. The molecule has 1 fully saturated rings. The summed E-state index contributed by atoms with van der Waals surface area (Å²) in [6.45, 7) is 2.97. The van der Waals surface area contributed by atoms with Crippen LogP contribution in [-0.2, 0) is 11.3 Å². The van der Waals surface area contributed by atoms with Crippen LogP contribution in [0.4, 0.5) is 0 Å². The zero-order valence-electron chi connectivity index (χ0n) is 7.94. The van der Waals surface area contributed by atoms with Crippen LogP contribution in [0.2, 0.25) is 0 Å². The predicted molar refractivity (Wildman–Crippen MR) is 52.5 cm³/mol. The number of rotatable bonds is 2. The van der Waals surface area contributed by atoms with Crippen LogP contribution in [0.3, 0.4) is 0 Å². The molecule has 14 heavy (non-hydrogen) atoms. The van der Waals surface area contributed by atoms with E-state index in [1.165, 1.54) is 0 Å². The first-order valence-electron chi connectivity index (χ1n) is 4.72. The van der Waals surface area contributed by atoms with Gasteiger partial charge in [0.05, 0.1) is 6.54 Å². The highest BCUT2D eigenvalue weighted by molar-refractivity contribution is 5.78. The summed E-state index contributed by atoms with van der Waals surface area (Å²) in [4.78, 5) is 17.3. The van der Waals surface area contributed by atoms with E-state index in [0.717, 1.165) is 25.2 Å². The van der Waals surface area contributed by atoms with Gasteiger partial charge >= 0.3 is 0 Å². The third-order valence-corrected chi connectivity index (χ3v) is 2.25. The van der Waals surface area contributed by atoms with Crippen LogP contribution in [-0.4, -0.2) is 35.4 Å². The second-order valence-electron chi connectivity index (χ2n) is 3.42. The molecule has 0 atom stereocenters. The number of nitrogens with zero attached hydrogens (tertiary/aromatic N) is 2. The van der Waals surface area contributed by atoms with E-state index in [1.807, 2.05) is 18.3 Å². The van der Waals surface area contributed by atoms with Gasteiger partial charge in [-0.3, -0.25) is 14.7 Å². The fourth-order valence-corrected chi connectivity index (χ4v) is 1.58. The molecule has 1 aliphatic rings. The largest absolute Gasteiger partial charge is 0.354 e. The highest BCUT2D eigenvalue weighted by Crippen LogP contribution is 2.03. The van der Waals surface area contributed by atoms with Crippen molar-refractivity contribution >= 4 is 5.91 Å². The Morgan fingerprint density at radius 3 is 3.21 bits per heavy atom. The quantitative estimate of drug-likeness (QED) is 0.716. The van der Waals surface area contributed by atoms with Gasteiger partial charge in [0.15, 0.2) is 0 Å². The summed E-state index contributed by atoms with van der Waals surface area (Å²) in [5.41, 5.74) is 1.15. The number of hydrogen-bond donors (Lipinski definition) is 1. The molecule has 1 aromatic rings. The van der Waals surface area contributed by atoms with Gasteiger partial charge < -0.3 is 5.32 Å². The minimum atomic E-state index is 0.111. The minimum Gasteiger partial charge on any atom is -0.354 e. The summed E-state index contributed by atoms with van der Waals surface area (Å²) in [5, 5.41) is 2.80. The lowest BCUT2D eigenvalue weighted by atomic mass is 10.2. The molecule has 1 aromatic heterocycles. The molecule has 1 aliphatic heterocycles. The highest BCUT2D eigenvalue weighted by atomic mass is 16.2. The van der Waals surface area contributed by atoms with Crippen LogP contribution in [0, 0.1) is 0 Å². The molecular weight excluding hydrogens is 178 g/mol. The van der Waals surface area contributed by atoms with Crippen molar-refractivity contribution in [2.45, 2.75) is 6.54 Å². The summed E-state index contributed by atoms with van der Waals surface area (Å²) in [6.07, 6.45) is 3.60. The van der Waals surface area contributed by atoms with Crippen LogP contribution >= 0.6 is 0 Å². The van der Waals surface area contributed by atoms with E-state index in [0.29, 0.717) is 6.54 Å². The second-order valence-corrected chi connectivity index (χ2v) is 3.42. The summed E-state index contributed by atoms with van der Waals surface area (Å²) < 4.78 is 0. The van der Waals surface area contributed by atoms with Gasteiger partial charge in [0, 0.05) is 32.0 Å². The van der Waals surface area contributed by atoms with Gasteiger partial charge in [0.25, 0.3) is 0 Å². The van der Waals surface area contributed by atoms with E-state index in [-0.39, 0.29) is 5.91 Å². The fraction of sp³-hybridized carbons (Fsp3) is 0.400. The van der Waals surface area contributed by atoms with Crippen molar-refractivity contribution in [2.24, 2.45) is 0 Å². The topological polar surface area (TPSA) is 45.2 Å². The van der Waals surface area contributed by atoms with E-state index in [2.05, 4.69) is 15.2 Å². The van der Waals surface area contributed by atoms with Crippen molar-refractivity contribution in [1.29, 1.82) is 0 Å². The van der Waals surface area contributed by atoms with Gasteiger partial charge in [-0.15, -0.1) is 0 Å². The molecule has 1 amide bonds. The Labute approximate surface area is 82.9 Å². The Morgan fingerprint density at radius 1 is 1.57 bits per heavy atom. The Bertz CT molecular complexity index is 312. The van der Waals surface area contributed by atoms with Gasteiger partial charge in [0.1, 0.15) is 0 Å². The summed E-state index contributed by atoms with van der Waals surface area (Å²) >= 11 is 0. The molecule has 0 aliphatic carbocycles. The Morgan fingerprint density at radius 2 is 2.50 bits per heavy atom. The molecule has 1 N–H and O–H groups in total. The van der Waals surface area contributed by atoms with Crippen molar-refractivity contribution < 1.29 is 4.79 Å². The molecule has 0 saturated carbocycles. The average molecular weight is 191 g/mol. The number of amides is 1. The molecular formula is C10H13N3O. The van der Waals surface area contributed by atoms with Gasteiger partial charge in [-0.1, -0.05) is 6.07 Å². The molecule has 0 radical (unpaired) electrons. The van der Waals surface area contributed by atoms with Crippen molar-refractivity contribution in [3.63, 3.8) is 0 Å². The summed E-state index contributed by atoms with van der Waals surface area (Å²) in [5.74, 6) is 0.111. The third kappa shape index (κ3) is 2.29. The molecule has 2 rings (SSSR count). The van der Waals surface area contributed by atoms with E-state index < -0.39 is 0 Å². The first-order chi connectivity index (χ1) is 6.84. The Kier molecular flexibility index (Phi) is 2.74. The number of carbonyl (C=O) groups excluding carboxylic acids is 1. The van der Waals surface area contributed by atoms with Crippen LogP contribution in [0.1, 0.15) is 5.56 Å². The van der Waals surface area contributed by atoms with Gasteiger partial charge in [-0.25, -0.2) is 0 Å². The molecule has 0 unspecified atom stereocenters. The van der Waals surface area contributed by atoms with E-state index in [4.69, 9.17) is 0 Å². The molecule has 74 valence electrons. The van der Waals surface area contributed by atoms with Crippen LogP contribution < -0.4 is 5.32 Å². The number of piperazine rings is 1. The Hall–Kier alpha value is -1.42. The van der Waals surface area contributed by atoms with Gasteiger partial charge in [-0.05, 0) is 11.6 Å². The monoisotopic (exact) mass is 191 g/mol. The first kappa shape index (κ1) is 9.15. The fourth-order valence-electron chi connectivity index (χ4n) is 1.58. The first-order valence-corrected chi connectivity index (χ1v) is 4.72. The van der Waals surface area contributed by atoms with Crippen LogP contribution in [0.25, 0.3) is 0 Å². The van der Waals surface area contributed by atoms with Crippen molar-refractivity contribution in [3.8, 4) is 0 Å². The number of hydrogen-bond acceptors (Lipinski definition) is 3. The lowest BCUT2D eigenvalue weighted by Crippen LogP contribution is -2.47. The lowest BCUT2D eigenvalue weighted by molar-refractivity contribution is -0.124.